The number of aromatic amines is 1. The molecule has 1 atom stereocenters. The fourth-order valence-corrected chi connectivity index (χ4v) is 6.35. The highest BCUT2D eigenvalue weighted by molar-refractivity contribution is 7.90. The average molecular weight is 628 g/mol. The van der Waals surface area contributed by atoms with E-state index in [9.17, 15) is 26.8 Å². The Hall–Kier alpha value is -3.48. The summed E-state index contributed by atoms with van der Waals surface area (Å²) in [6.07, 6.45) is 3.64. The number of esters is 1. The van der Waals surface area contributed by atoms with Crippen LogP contribution < -0.4 is 14.5 Å². The molecule has 216 valence electrons. The number of H-pyrrole nitrogens is 1. The van der Waals surface area contributed by atoms with E-state index < -0.39 is 41.2 Å². The maximum Gasteiger partial charge on any atom is 0.387 e. The SMILES string of the molecule is O=C(CN1C(=O)c2ccccc2S1(=O)=O)O[C@@H](Cc1c(Cl)c[nH+]cc1Cl)c1ccc(OC(F)F)c(OCC2CC2)c1. The first-order valence-corrected chi connectivity index (χ1v) is 14.6. The molecule has 2 aliphatic rings. The molecule has 0 bridgehead atoms. The summed E-state index contributed by atoms with van der Waals surface area (Å²) in [5.41, 5.74) is 0.656. The fraction of sp³-hybridized carbons (Fsp3) is 0.296. The molecule has 0 unspecified atom stereocenters. The lowest BCUT2D eigenvalue weighted by atomic mass is 10.0. The normalized spacial score (nSPS) is 16.4. The topological polar surface area (TPSA) is 113 Å². The van der Waals surface area contributed by atoms with E-state index in [2.05, 4.69) is 9.72 Å². The van der Waals surface area contributed by atoms with Crippen molar-refractivity contribution in [1.29, 1.82) is 0 Å². The summed E-state index contributed by atoms with van der Waals surface area (Å²) >= 11 is 12.7. The fourth-order valence-electron chi connectivity index (χ4n) is 4.31. The van der Waals surface area contributed by atoms with Crippen molar-refractivity contribution in [2.45, 2.75) is 36.9 Å². The molecule has 3 aromatic rings. The molecule has 5 rings (SSSR count). The number of sulfonamides is 1. The minimum atomic E-state index is -4.27. The molecule has 1 aliphatic carbocycles. The summed E-state index contributed by atoms with van der Waals surface area (Å²) < 4.78 is 68.5. The van der Waals surface area contributed by atoms with E-state index in [1.54, 1.807) is 0 Å². The largest absolute Gasteiger partial charge is 0.489 e. The van der Waals surface area contributed by atoms with Crippen LogP contribution in [0.15, 0.2) is 59.8 Å². The molecular formula is C27H23Cl2F2N2O7S+. The van der Waals surface area contributed by atoms with Gasteiger partial charge in [-0.25, -0.2) is 17.7 Å². The van der Waals surface area contributed by atoms with E-state index in [0.29, 0.717) is 21.4 Å². The maximum atomic E-state index is 13.1. The number of halogens is 4. The van der Waals surface area contributed by atoms with E-state index in [4.69, 9.17) is 32.7 Å². The molecule has 2 aromatic carbocycles. The number of nitrogens with zero attached hydrogens (tertiary/aromatic N) is 1. The van der Waals surface area contributed by atoms with Gasteiger partial charge in [0.05, 0.1) is 12.2 Å². The van der Waals surface area contributed by atoms with Gasteiger partial charge in [0.25, 0.3) is 15.9 Å². The number of benzene rings is 2. The molecule has 1 fully saturated rings. The Morgan fingerprint density at radius 3 is 2.44 bits per heavy atom. The lowest BCUT2D eigenvalue weighted by molar-refractivity contribution is -0.377. The number of alkyl halides is 2. The number of nitrogens with one attached hydrogen (secondary N) is 1. The second-order valence-electron chi connectivity index (χ2n) is 9.46. The Morgan fingerprint density at radius 1 is 1.07 bits per heavy atom. The van der Waals surface area contributed by atoms with E-state index in [1.807, 2.05) is 0 Å². The van der Waals surface area contributed by atoms with Crippen molar-refractivity contribution in [2.24, 2.45) is 5.92 Å². The number of carbonyl (C=O) groups excluding carboxylic acids is 2. The average Bonchev–Trinajstić information content (AvgIpc) is 3.74. The molecule has 1 amide bonds. The van der Waals surface area contributed by atoms with Gasteiger partial charge in [-0.3, -0.25) is 9.59 Å². The number of ether oxygens (including phenoxy) is 3. The molecular weight excluding hydrogens is 605 g/mol. The van der Waals surface area contributed by atoms with Gasteiger partial charge in [0, 0.05) is 12.0 Å². The van der Waals surface area contributed by atoms with Crippen molar-refractivity contribution >= 4 is 45.1 Å². The first-order chi connectivity index (χ1) is 19.5. The van der Waals surface area contributed by atoms with Crippen molar-refractivity contribution in [3.8, 4) is 11.5 Å². The van der Waals surface area contributed by atoms with E-state index >= 15 is 0 Å². The number of rotatable bonds is 11. The van der Waals surface area contributed by atoms with Crippen LogP contribution in [0.3, 0.4) is 0 Å². The summed E-state index contributed by atoms with van der Waals surface area (Å²) in [5, 5.41) is 0.461. The molecule has 1 aromatic heterocycles. The molecule has 41 heavy (non-hydrogen) atoms. The lowest BCUT2D eigenvalue weighted by Gasteiger charge is -2.22. The van der Waals surface area contributed by atoms with Gasteiger partial charge in [-0.15, -0.1) is 0 Å². The highest BCUT2D eigenvalue weighted by atomic mass is 35.5. The third kappa shape index (κ3) is 6.39. The van der Waals surface area contributed by atoms with E-state index in [-0.39, 0.29) is 45.0 Å². The molecule has 0 radical (unpaired) electrons. The molecule has 14 heteroatoms. The second kappa shape index (κ2) is 11.8. The van der Waals surface area contributed by atoms with Crippen LogP contribution >= 0.6 is 23.2 Å². The Kier molecular flexibility index (Phi) is 8.35. The standard InChI is InChI=1S/C27H22Cl2F2N2O7S/c28-19-11-32-12-20(29)18(19)10-22(16-7-8-21(40-27(30)31)23(9-16)38-14-15-5-6-15)39-25(34)13-33-26(35)17-3-1-2-4-24(17)41(33,36)37/h1-4,7-9,11-12,15,22,27H,5-6,10,13-14H2/p+1/t22-/m0/s1. The number of pyridine rings is 1. The molecule has 1 N–H and O–H groups in total. The van der Waals surface area contributed by atoms with Crippen molar-refractivity contribution in [2.75, 3.05) is 13.2 Å². The predicted molar refractivity (Wildman–Crippen MR) is 142 cm³/mol. The van der Waals surface area contributed by atoms with Crippen LogP contribution in [0.4, 0.5) is 8.78 Å². The Balaban J connectivity index is 1.44. The molecule has 0 spiro atoms. The summed E-state index contributed by atoms with van der Waals surface area (Å²) in [4.78, 5) is 28.5. The number of hydrogen-bond donors (Lipinski definition) is 0. The van der Waals surface area contributed by atoms with Gasteiger partial charge in [0.2, 0.25) is 0 Å². The highest BCUT2D eigenvalue weighted by Crippen LogP contribution is 2.38. The lowest BCUT2D eigenvalue weighted by Crippen LogP contribution is -2.36. The quantitative estimate of drug-likeness (QED) is 0.279. The Bertz CT molecular complexity index is 1580. The first kappa shape index (κ1) is 29.0. The predicted octanol–water partition coefficient (Wildman–Crippen LogP) is 4.87. The van der Waals surface area contributed by atoms with Crippen LogP contribution in [-0.4, -0.2) is 44.4 Å². The van der Waals surface area contributed by atoms with Gasteiger partial charge in [-0.1, -0.05) is 41.4 Å². The number of amides is 1. The van der Waals surface area contributed by atoms with Gasteiger partial charge in [0.15, 0.2) is 23.9 Å². The summed E-state index contributed by atoms with van der Waals surface area (Å²) in [7, 11) is -4.27. The molecule has 2 heterocycles. The maximum absolute atomic E-state index is 13.1. The van der Waals surface area contributed by atoms with Crippen molar-refractivity contribution < 1.29 is 46.0 Å². The van der Waals surface area contributed by atoms with E-state index in [1.165, 1.54) is 54.9 Å². The van der Waals surface area contributed by atoms with Crippen LogP contribution in [0, 0.1) is 5.92 Å². The summed E-state index contributed by atoms with van der Waals surface area (Å²) in [6, 6.07) is 9.69. The van der Waals surface area contributed by atoms with Crippen LogP contribution in [0.1, 0.15) is 40.4 Å². The smallest absolute Gasteiger partial charge is 0.387 e. The van der Waals surface area contributed by atoms with Gasteiger partial charge < -0.3 is 14.2 Å². The van der Waals surface area contributed by atoms with Crippen molar-refractivity contribution in [3.63, 3.8) is 0 Å². The van der Waals surface area contributed by atoms with Gasteiger partial charge in [-0.2, -0.15) is 8.78 Å². The van der Waals surface area contributed by atoms with Crippen LogP contribution in [-0.2, 0) is 26.0 Å². The molecule has 9 nitrogen and oxygen atoms in total. The zero-order valence-electron chi connectivity index (χ0n) is 21.2. The van der Waals surface area contributed by atoms with Crippen LogP contribution in [0.2, 0.25) is 10.0 Å². The summed E-state index contributed by atoms with van der Waals surface area (Å²) in [5.74, 6) is -1.78. The number of hydrogen-bond acceptors (Lipinski definition) is 7. The highest BCUT2D eigenvalue weighted by Gasteiger charge is 2.42. The second-order valence-corrected chi connectivity index (χ2v) is 12.1. The van der Waals surface area contributed by atoms with Gasteiger partial charge in [0.1, 0.15) is 27.6 Å². The van der Waals surface area contributed by atoms with Crippen LogP contribution in [0.25, 0.3) is 0 Å². The Morgan fingerprint density at radius 2 is 1.78 bits per heavy atom. The van der Waals surface area contributed by atoms with Gasteiger partial charge >= 0.3 is 12.6 Å². The number of fused-ring (bicyclic) bond motifs is 1. The van der Waals surface area contributed by atoms with Crippen molar-refractivity contribution in [1.82, 2.24) is 4.31 Å². The zero-order valence-corrected chi connectivity index (χ0v) is 23.5. The first-order valence-electron chi connectivity index (χ1n) is 12.5. The zero-order chi connectivity index (χ0) is 29.3. The molecule has 1 saturated carbocycles. The minimum absolute atomic E-state index is 0.0158. The third-order valence-electron chi connectivity index (χ3n) is 6.57. The van der Waals surface area contributed by atoms with E-state index in [0.717, 1.165) is 12.8 Å². The molecule has 0 saturated heterocycles. The monoisotopic (exact) mass is 627 g/mol. The Labute approximate surface area is 244 Å². The molecule has 1 aliphatic heterocycles. The number of carbonyl (C=O) groups is 2. The van der Waals surface area contributed by atoms with Crippen LogP contribution in [0.5, 0.6) is 11.5 Å². The minimum Gasteiger partial charge on any atom is -0.489 e. The third-order valence-corrected chi connectivity index (χ3v) is 9.03. The number of aromatic nitrogens is 1. The summed E-state index contributed by atoms with van der Waals surface area (Å²) in [6.45, 7) is -3.71. The van der Waals surface area contributed by atoms with Gasteiger partial charge in [-0.05, 0) is 48.6 Å². The van der Waals surface area contributed by atoms with Crippen molar-refractivity contribution in [3.05, 3.63) is 81.6 Å².